The number of hydrogen-bond acceptors (Lipinski definition) is 3. The zero-order valence-corrected chi connectivity index (χ0v) is 7.99. The summed E-state index contributed by atoms with van der Waals surface area (Å²) in [6.45, 7) is 0.852. The van der Waals surface area contributed by atoms with Crippen LogP contribution in [0, 0.1) is 0 Å². The number of likely N-dealkylation sites (N-methyl/N-ethyl adjacent to an activating group) is 1. The molecule has 0 unspecified atom stereocenters. The fourth-order valence-electron chi connectivity index (χ4n) is 1.25. The van der Waals surface area contributed by atoms with Crippen molar-refractivity contribution in [3.05, 3.63) is 30.2 Å². The first-order valence-corrected chi connectivity index (χ1v) is 4.50. The molecule has 2 aromatic heterocycles. The molecular weight excluding hydrogens is 176 g/mol. The quantitative estimate of drug-likeness (QED) is 0.760. The van der Waals surface area contributed by atoms with Gasteiger partial charge in [0.25, 0.3) is 0 Å². The predicted octanol–water partition coefficient (Wildman–Crippen LogP) is 1.19. The van der Waals surface area contributed by atoms with Gasteiger partial charge in [-0.1, -0.05) is 6.08 Å². The van der Waals surface area contributed by atoms with Crippen LogP contribution in [0.3, 0.4) is 0 Å². The molecule has 0 fully saturated rings. The summed E-state index contributed by atoms with van der Waals surface area (Å²) in [6.07, 6.45) is 7.62. The molecule has 2 rings (SSSR count). The maximum atomic E-state index is 4.27. The Morgan fingerprint density at radius 1 is 1.50 bits per heavy atom. The second-order valence-electron chi connectivity index (χ2n) is 3.03. The molecule has 0 saturated heterocycles. The number of pyridine rings is 1. The molecule has 0 radical (unpaired) electrons. The first-order valence-electron chi connectivity index (χ1n) is 4.50. The maximum absolute atomic E-state index is 4.27. The first kappa shape index (κ1) is 8.90. The first-order chi connectivity index (χ1) is 6.90. The van der Waals surface area contributed by atoms with E-state index in [-0.39, 0.29) is 0 Å². The minimum Gasteiger partial charge on any atom is -0.316 e. The van der Waals surface area contributed by atoms with E-state index in [0.717, 1.165) is 23.1 Å². The molecule has 2 N–H and O–H groups in total. The predicted molar refractivity (Wildman–Crippen MR) is 56.8 cm³/mol. The maximum Gasteiger partial charge on any atom is 0.0833 e. The van der Waals surface area contributed by atoms with Crippen molar-refractivity contribution in [1.82, 2.24) is 20.5 Å². The topological polar surface area (TPSA) is 53.6 Å². The summed E-state index contributed by atoms with van der Waals surface area (Å²) in [5.41, 5.74) is 1.92. The third kappa shape index (κ3) is 1.80. The van der Waals surface area contributed by atoms with Crippen LogP contribution in [-0.2, 0) is 0 Å². The molecule has 0 aromatic carbocycles. The third-order valence-corrected chi connectivity index (χ3v) is 1.96. The number of fused-ring (bicyclic) bond motifs is 1. The molecule has 4 heteroatoms. The molecule has 0 saturated carbocycles. The van der Waals surface area contributed by atoms with Gasteiger partial charge in [-0.15, -0.1) is 0 Å². The highest BCUT2D eigenvalue weighted by molar-refractivity contribution is 5.78. The zero-order chi connectivity index (χ0) is 9.80. The lowest BCUT2D eigenvalue weighted by Gasteiger charge is -1.93. The van der Waals surface area contributed by atoms with Gasteiger partial charge in [-0.2, -0.15) is 5.10 Å². The molecule has 0 spiro atoms. The molecule has 4 nitrogen and oxygen atoms in total. The summed E-state index contributed by atoms with van der Waals surface area (Å²) in [4.78, 5) is 4.27. The fourth-order valence-corrected chi connectivity index (χ4v) is 1.25. The van der Waals surface area contributed by atoms with E-state index in [2.05, 4.69) is 20.5 Å². The van der Waals surface area contributed by atoms with E-state index >= 15 is 0 Å². The largest absolute Gasteiger partial charge is 0.316 e. The number of hydrogen-bond donors (Lipinski definition) is 2. The van der Waals surface area contributed by atoms with E-state index < -0.39 is 0 Å². The molecule has 14 heavy (non-hydrogen) atoms. The van der Waals surface area contributed by atoms with Crippen LogP contribution in [0.1, 0.15) is 5.69 Å². The van der Waals surface area contributed by atoms with Crippen LogP contribution in [0.15, 0.2) is 24.5 Å². The van der Waals surface area contributed by atoms with Crippen molar-refractivity contribution in [3.8, 4) is 0 Å². The Bertz CT molecular complexity index is 444. The second-order valence-corrected chi connectivity index (χ2v) is 3.03. The number of aromatic amines is 1. The highest BCUT2D eigenvalue weighted by Gasteiger charge is 1.95. The van der Waals surface area contributed by atoms with Crippen molar-refractivity contribution in [2.45, 2.75) is 0 Å². The van der Waals surface area contributed by atoms with Gasteiger partial charge in [-0.3, -0.25) is 10.1 Å². The lowest BCUT2D eigenvalue weighted by molar-refractivity contribution is 0.922. The van der Waals surface area contributed by atoms with Gasteiger partial charge in [-0.25, -0.2) is 0 Å². The molecule has 72 valence electrons. The normalized spacial score (nSPS) is 11.5. The van der Waals surface area contributed by atoms with Crippen molar-refractivity contribution in [1.29, 1.82) is 0 Å². The van der Waals surface area contributed by atoms with Gasteiger partial charge in [-0.05, 0) is 19.2 Å². The van der Waals surface area contributed by atoms with E-state index in [9.17, 15) is 0 Å². The Kier molecular flexibility index (Phi) is 2.55. The van der Waals surface area contributed by atoms with Crippen LogP contribution in [0.25, 0.3) is 17.0 Å². The third-order valence-electron chi connectivity index (χ3n) is 1.96. The molecule has 2 aromatic rings. The minimum atomic E-state index is 0.852. The van der Waals surface area contributed by atoms with E-state index in [4.69, 9.17) is 0 Å². The molecule has 0 aliphatic carbocycles. The van der Waals surface area contributed by atoms with Gasteiger partial charge in [0, 0.05) is 11.9 Å². The zero-order valence-electron chi connectivity index (χ0n) is 7.99. The Morgan fingerprint density at radius 2 is 2.43 bits per heavy atom. The summed E-state index contributed by atoms with van der Waals surface area (Å²) >= 11 is 0. The summed E-state index contributed by atoms with van der Waals surface area (Å²) in [7, 11) is 1.91. The van der Waals surface area contributed by atoms with Crippen molar-refractivity contribution in [3.63, 3.8) is 0 Å². The molecule has 0 amide bonds. The lowest BCUT2D eigenvalue weighted by atomic mass is 10.2. The molecule has 0 atom stereocenters. The Balaban J connectivity index is 2.25. The van der Waals surface area contributed by atoms with Gasteiger partial charge >= 0.3 is 0 Å². The van der Waals surface area contributed by atoms with Crippen LogP contribution < -0.4 is 5.32 Å². The van der Waals surface area contributed by atoms with Gasteiger partial charge in [0.15, 0.2) is 0 Å². The van der Waals surface area contributed by atoms with Gasteiger partial charge in [0.05, 0.1) is 23.6 Å². The fraction of sp³-hybridized carbons (Fsp3) is 0.200. The van der Waals surface area contributed by atoms with E-state index in [0.29, 0.717) is 0 Å². The summed E-state index contributed by atoms with van der Waals surface area (Å²) < 4.78 is 0. The molecule has 0 aliphatic heterocycles. The van der Waals surface area contributed by atoms with Gasteiger partial charge in [0.1, 0.15) is 0 Å². The Labute approximate surface area is 82.1 Å². The average molecular weight is 188 g/mol. The number of aromatic nitrogens is 3. The molecule has 0 aliphatic rings. The van der Waals surface area contributed by atoms with Crippen LogP contribution >= 0.6 is 0 Å². The van der Waals surface area contributed by atoms with Crippen molar-refractivity contribution in [2.75, 3.05) is 13.6 Å². The van der Waals surface area contributed by atoms with Crippen molar-refractivity contribution in [2.24, 2.45) is 0 Å². The highest BCUT2D eigenvalue weighted by atomic mass is 15.1. The number of H-pyrrole nitrogens is 1. The van der Waals surface area contributed by atoms with Crippen molar-refractivity contribution < 1.29 is 0 Å². The van der Waals surface area contributed by atoms with Crippen LogP contribution in [0.5, 0.6) is 0 Å². The smallest absolute Gasteiger partial charge is 0.0833 e. The Hall–Kier alpha value is -1.68. The molecule has 2 heterocycles. The number of nitrogens with zero attached hydrogens (tertiary/aromatic N) is 2. The second kappa shape index (κ2) is 4.02. The number of rotatable bonds is 3. The van der Waals surface area contributed by atoms with Crippen LogP contribution in [-0.4, -0.2) is 28.8 Å². The van der Waals surface area contributed by atoms with Gasteiger partial charge in [0.2, 0.25) is 0 Å². The Morgan fingerprint density at radius 3 is 3.29 bits per heavy atom. The number of nitrogens with one attached hydrogen (secondary N) is 2. The van der Waals surface area contributed by atoms with E-state index in [1.54, 1.807) is 12.4 Å². The SMILES string of the molecule is CNCC=Cc1cc2cn[nH]c2cn1. The van der Waals surface area contributed by atoms with Crippen LogP contribution in [0.2, 0.25) is 0 Å². The lowest BCUT2D eigenvalue weighted by Crippen LogP contribution is -2.03. The summed E-state index contributed by atoms with van der Waals surface area (Å²) in [6, 6.07) is 2.00. The molecule has 0 bridgehead atoms. The monoisotopic (exact) mass is 188 g/mol. The van der Waals surface area contributed by atoms with Crippen molar-refractivity contribution >= 4 is 17.0 Å². The van der Waals surface area contributed by atoms with E-state index in [1.165, 1.54) is 0 Å². The van der Waals surface area contributed by atoms with Gasteiger partial charge < -0.3 is 5.32 Å². The highest BCUT2D eigenvalue weighted by Crippen LogP contribution is 2.10. The summed E-state index contributed by atoms with van der Waals surface area (Å²) in [5, 5.41) is 10.9. The van der Waals surface area contributed by atoms with Crippen LogP contribution in [0.4, 0.5) is 0 Å². The molecular formula is C10H12N4. The summed E-state index contributed by atoms with van der Waals surface area (Å²) in [5.74, 6) is 0. The minimum absolute atomic E-state index is 0.852. The standard InChI is InChI=1S/C10H12N4/c1-11-4-2-3-9-5-8-6-13-14-10(8)7-12-9/h2-3,5-7,11H,4H2,1H3,(H,13,14). The van der Waals surface area contributed by atoms with E-state index in [1.807, 2.05) is 25.3 Å². The average Bonchev–Trinajstić information content (AvgIpc) is 2.65.